The summed E-state index contributed by atoms with van der Waals surface area (Å²) >= 11 is 0. The summed E-state index contributed by atoms with van der Waals surface area (Å²) in [5.74, 6) is 2.48. The van der Waals surface area contributed by atoms with Gasteiger partial charge in [-0.2, -0.15) is 5.10 Å². The van der Waals surface area contributed by atoms with E-state index in [2.05, 4.69) is 20.3 Å². The molecular weight excluding hydrogens is 485 g/mol. The van der Waals surface area contributed by atoms with Gasteiger partial charge < -0.3 is 24.4 Å². The highest BCUT2D eigenvalue weighted by atomic mass is 127. The average Bonchev–Trinajstić information content (AvgIpc) is 3.16. The molecule has 0 amide bonds. The number of guanidine groups is 1. The molecule has 1 aromatic carbocycles. The maximum absolute atomic E-state index is 5.96. The second-order valence-electron chi connectivity index (χ2n) is 6.78. The van der Waals surface area contributed by atoms with Crippen molar-refractivity contribution >= 4 is 29.9 Å². The quantitative estimate of drug-likeness (QED) is 0.362. The third-order valence-electron chi connectivity index (χ3n) is 4.62. The van der Waals surface area contributed by atoms with Gasteiger partial charge in [0, 0.05) is 32.4 Å². The summed E-state index contributed by atoms with van der Waals surface area (Å²) in [6.07, 6.45) is 3.83. The summed E-state index contributed by atoms with van der Waals surface area (Å²) < 4.78 is 18.8. The zero-order chi connectivity index (χ0) is 19.9. The van der Waals surface area contributed by atoms with Crippen molar-refractivity contribution in [2.24, 2.45) is 12.0 Å². The highest BCUT2D eigenvalue weighted by Gasteiger charge is 2.25. The van der Waals surface area contributed by atoms with Gasteiger partial charge in [-0.05, 0) is 31.2 Å². The van der Waals surface area contributed by atoms with E-state index < -0.39 is 0 Å². The largest absolute Gasteiger partial charge is 0.497 e. The molecule has 2 unspecified atom stereocenters. The molecule has 0 saturated carbocycles. The van der Waals surface area contributed by atoms with Crippen LogP contribution in [0.3, 0.4) is 0 Å². The summed E-state index contributed by atoms with van der Waals surface area (Å²) in [7, 11) is 5.36. The molecule has 0 aliphatic carbocycles. The van der Waals surface area contributed by atoms with Gasteiger partial charge in [0.05, 0.1) is 33.0 Å². The third kappa shape index (κ3) is 6.49. The minimum atomic E-state index is -0.0136. The van der Waals surface area contributed by atoms with Gasteiger partial charge in [-0.15, -0.1) is 24.0 Å². The van der Waals surface area contributed by atoms with Gasteiger partial charge in [0.25, 0.3) is 0 Å². The van der Waals surface area contributed by atoms with E-state index in [9.17, 15) is 0 Å². The van der Waals surface area contributed by atoms with Crippen molar-refractivity contribution in [1.29, 1.82) is 0 Å². The molecule has 2 aromatic rings. The molecule has 0 radical (unpaired) electrons. The van der Waals surface area contributed by atoms with Crippen molar-refractivity contribution in [2.45, 2.75) is 19.1 Å². The molecule has 1 saturated heterocycles. The molecule has 1 fully saturated rings. The van der Waals surface area contributed by atoms with Gasteiger partial charge in [0.1, 0.15) is 23.7 Å². The number of nitrogens with zero attached hydrogens (tertiary/aromatic N) is 4. The monoisotopic (exact) mass is 515 g/mol. The number of aryl methyl sites for hydroxylation is 1. The van der Waals surface area contributed by atoms with Crippen LogP contribution < -0.4 is 14.8 Å². The summed E-state index contributed by atoms with van der Waals surface area (Å²) in [5.41, 5.74) is 1.08. The average molecular weight is 515 g/mol. The van der Waals surface area contributed by atoms with Crippen molar-refractivity contribution < 1.29 is 14.2 Å². The Morgan fingerprint density at radius 1 is 1.34 bits per heavy atom. The first kappa shape index (κ1) is 23.3. The Balaban J connectivity index is 0.00000300. The third-order valence-corrected chi connectivity index (χ3v) is 4.62. The maximum Gasteiger partial charge on any atom is 0.193 e. The van der Waals surface area contributed by atoms with Crippen LogP contribution >= 0.6 is 24.0 Å². The second-order valence-corrected chi connectivity index (χ2v) is 6.78. The maximum atomic E-state index is 5.96. The molecule has 3 rings (SSSR count). The van der Waals surface area contributed by atoms with Crippen LogP contribution in [0.15, 0.2) is 41.7 Å². The number of rotatable bonds is 6. The highest BCUT2D eigenvalue weighted by molar-refractivity contribution is 14.0. The molecule has 160 valence electrons. The predicted octanol–water partition coefficient (Wildman–Crippen LogP) is 2.46. The zero-order valence-corrected chi connectivity index (χ0v) is 19.7. The SMILES string of the molecule is CN=C(NCC(C)Oc1ccc(OC)cc1)N1CCOC(c2cnn(C)c2)C1.I. The van der Waals surface area contributed by atoms with Gasteiger partial charge in [-0.25, -0.2) is 0 Å². The number of morpholine rings is 1. The number of hydrogen-bond donors (Lipinski definition) is 1. The molecule has 8 nitrogen and oxygen atoms in total. The fourth-order valence-corrected chi connectivity index (χ4v) is 3.15. The van der Waals surface area contributed by atoms with Crippen molar-refractivity contribution in [3.05, 3.63) is 42.2 Å². The van der Waals surface area contributed by atoms with E-state index in [1.807, 2.05) is 50.6 Å². The fourth-order valence-electron chi connectivity index (χ4n) is 3.15. The lowest BCUT2D eigenvalue weighted by Gasteiger charge is -2.35. The summed E-state index contributed by atoms with van der Waals surface area (Å²) in [6, 6.07) is 7.59. The van der Waals surface area contributed by atoms with Gasteiger partial charge in [-0.1, -0.05) is 0 Å². The molecule has 2 heterocycles. The van der Waals surface area contributed by atoms with Crippen LogP contribution in [0.2, 0.25) is 0 Å². The van der Waals surface area contributed by atoms with E-state index in [1.165, 1.54) is 0 Å². The van der Waals surface area contributed by atoms with Gasteiger partial charge in [-0.3, -0.25) is 9.67 Å². The number of hydrogen-bond acceptors (Lipinski definition) is 5. The van der Waals surface area contributed by atoms with E-state index in [0.29, 0.717) is 13.2 Å². The minimum Gasteiger partial charge on any atom is -0.497 e. The molecule has 2 atom stereocenters. The van der Waals surface area contributed by atoms with E-state index in [1.54, 1.807) is 18.8 Å². The van der Waals surface area contributed by atoms with Crippen molar-refractivity contribution in [2.75, 3.05) is 40.4 Å². The number of methoxy groups -OCH3 is 1. The van der Waals surface area contributed by atoms with Crippen molar-refractivity contribution in [3.63, 3.8) is 0 Å². The topological polar surface area (TPSA) is 73.1 Å². The summed E-state index contributed by atoms with van der Waals surface area (Å²) in [6.45, 7) is 4.86. The summed E-state index contributed by atoms with van der Waals surface area (Å²) in [4.78, 5) is 6.64. The predicted molar refractivity (Wildman–Crippen MR) is 123 cm³/mol. The zero-order valence-electron chi connectivity index (χ0n) is 17.4. The first-order valence-corrected chi connectivity index (χ1v) is 9.45. The molecule has 1 aliphatic rings. The van der Waals surface area contributed by atoms with Crippen molar-refractivity contribution in [1.82, 2.24) is 20.0 Å². The Hall–Kier alpha value is -2.01. The van der Waals surface area contributed by atoms with E-state index in [0.717, 1.165) is 36.1 Å². The Labute approximate surface area is 189 Å². The van der Waals surface area contributed by atoms with Crippen molar-refractivity contribution in [3.8, 4) is 11.5 Å². The van der Waals surface area contributed by atoms with Crippen LogP contribution in [-0.2, 0) is 11.8 Å². The Bertz CT molecular complexity index is 781. The molecule has 9 heteroatoms. The molecule has 1 N–H and O–H groups in total. The van der Waals surface area contributed by atoms with Crippen LogP contribution in [0.1, 0.15) is 18.6 Å². The van der Waals surface area contributed by atoms with Crippen LogP contribution in [0, 0.1) is 0 Å². The Kier molecular flexibility index (Phi) is 9.02. The minimum absolute atomic E-state index is 0. The smallest absolute Gasteiger partial charge is 0.193 e. The number of aliphatic imine (C=N–C) groups is 1. The van der Waals surface area contributed by atoms with E-state index >= 15 is 0 Å². The number of aromatic nitrogens is 2. The van der Waals surface area contributed by atoms with Gasteiger partial charge >= 0.3 is 0 Å². The van der Waals surface area contributed by atoms with Crippen LogP contribution in [-0.4, -0.2) is 67.1 Å². The normalized spacial score (nSPS) is 18.0. The number of halogens is 1. The standard InChI is InChI=1S/C20H29N5O3.HI/c1-15(28-18-7-5-17(26-4)6-8-18)11-22-20(21-2)25-9-10-27-19(14-25)16-12-23-24(3)13-16;/h5-8,12-13,15,19H,9-11,14H2,1-4H3,(H,21,22);1H. The second kappa shape index (κ2) is 11.2. The number of ether oxygens (including phenoxy) is 3. The molecule has 0 spiro atoms. The molecule has 0 bridgehead atoms. The van der Waals surface area contributed by atoms with Crippen LogP contribution in [0.4, 0.5) is 0 Å². The summed E-state index contributed by atoms with van der Waals surface area (Å²) in [5, 5.41) is 7.65. The van der Waals surface area contributed by atoms with Crippen LogP contribution in [0.5, 0.6) is 11.5 Å². The highest BCUT2D eigenvalue weighted by Crippen LogP contribution is 2.22. The lowest BCUT2D eigenvalue weighted by molar-refractivity contribution is -0.00814. The lowest BCUT2D eigenvalue weighted by Crippen LogP contribution is -2.49. The van der Waals surface area contributed by atoms with Gasteiger partial charge in [0.15, 0.2) is 5.96 Å². The Morgan fingerprint density at radius 2 is 2.07 bits per heavy atom. The lowest BCUT2D eigenvalue weighted by atomic mass is 10.1. The first-order chi connectivity index (χ1) is 13.6. The van der Waals surface area contributed by atoms with Gasteiger partial charge in [0.2, 0.25) is 0 Å². The number of nitrogens with one attached hydrogen (secondary N) is 1. The molecule has 1 aliphatic heterocycles. The van der Waals surface area contributed by atoms with E-state index in [4.69, 9.17) is 14.2 Å². The van der Waals surface area contributed by atoms with E-state index in [-0.39, 0.29) is 36.2 Å². The fraction of sp³-hybridized carbons (Fsp3) is 0.500. The molecule has 29 heavy (non-hydrogen) atoms. The Morgan fingerprint density at radius 3 is 2.69 bits per heavy atom. The number of benzene rings is 1. The molecule has 1 aromatic heterocycles. The van der Waals surface area contributed by atoms with Crippen LogP contribution in [0.25, 0.3) is 0 Å². The molecular formula is C20H30IN5O3. The first-order valence-electron chi connectivity index (χ1n) is 9.45.